The number of aromatic nitrogens is 3. The van der Waals surface area contributed by atoms with E-state index in [2.05, 4.69) is 44.4 Å². The Hall–Kier alpha value is -1.62. The third-order valence-electron chi connectivity index (χ3n) is 3.90. The fraction of sp³-hybridized carbons (Fsp3) is 0.562. The van der Waals surface area contributed by atoms with Crippen molar-refractivity contribution in [2.45, 2.75) is 19.9 Å². The smallest absolute Gasteiger partial charge is 0.216 e. The molecule has 0 aliphatic carbocycles. The summed E-state index contributed by atoms with van der Waals surface area (Å²) in [5, 5.41) is 10.4. The zero-order chi connectivity index (χ0) is 16.8. The fourth-order valence-electron chi connectivity index (χ4n) is 2.70. The Morgan fingerprint density at radius 1 is 1.52 bits per heavy atom. The molecule has 1 aliphatic rings. The highest BCUT2D eigenvalue weighted by molar-refractivity contribution is 14.0. The van der Waals surface area contributed by atoms with Gasteiger partial charge in [0.15, 0.2) is 11.7 Å². The van der Waals surface area contributed by atoms with Gasteiger partial charge in [-0.3, -0.25) is 5.10 Å². The van der Waals surface area contributed by atoms with E-state index >= 15 is 0 Å². The minimum atomic E-state index is 0. The van der Waals surface area contributed by atoms with Crippen LogP contribution in [0, 0.1) is 5.92 Å². The molecule has 8 nitrogen and oxygen atoms in total. The monoisotopic (exact) mass is 460 g/mol. The summed E-state index contributed by atoms with van der Waals surface area (Å²) in [6, 6.07) is 3.65. The van der Waals surface area contributed by atoms with Crippen molar-refractivity contribution in [2.24, 2.45) is 10.9 Å². The summed E-state index contributed by atoms with van der Waals surface area (Å²) in [5.74, 6) is 3.32. The number of H-pyrrole nitrogens is 1. The van der Waals surface area contributed by atoms with Gasteiger partial charge in [-0.25, -0.2) is 9.98 Å². The first kappa shape index (κ1) is 19.7. The molecule has 9 heteroatoms. The highest BCUT2D eigenvalue weighted by Gasteiger charge is 2.19. The Morgan fingerprint density at radius 2 is 2.40 bits per heavy atom. The number of hydrogen-bond donors (Lipinski definition) is 2. The van der Waals surface area contributed by atoms with Crippen LogP contribution >= 0.6 is 24.0 Å². The van der Waals surface area contributed by atoms with Gasteiger partial charge in [-0.05, 0) is 25.5 Å². The molecular formula is C16H25IN6O2. The predicted molar refractivity (Wildman–Crippen MR) is 106 cm³/mol. The number of ether oxygens (including phenoxy) is 1. The van der Waals surface area contributed by atoms with Crippen LogP contribution in [-0.2, 0) is 11.3 Å². The van der Waals surface area contributed by atoms with Crippen LogP contribution in [-0.4, -0.2) is 59.4 Å². The third kappa shape index (κ3) is 5.43. The summed E-state index contributed by atoms with van der Waals surface area (Å²) in [4.78, 5) is 11.2. The van der Waals surface area contributed by atoms with Crippen LogP contribution in [0.2, 0.25) is 0 Å². The first-order chi connectivity index (χ1) is 11.8. The fourth-order valence-corrected chi connectivity index (χ4v) is 2.70. The van der Waals surface area contributed by atoms with Gasteiger partial charge in [0.25, 0.3) is 0 Å². The van der Waals surface area contributed by atoms with Crippen LogP contribution in [0.3, 0.4) is 0 Å². The average Bonchev–Trinajstić information content (AvgIpc) is 3.32. The standard InChI is InChI=1S/C16H24N6O2.HI/c1-3-17-16(22(2)10-12-6-8-23-11-12)18-9-14-19-15(21-20-14)13-5-4-7-24-13;/h4-5,7,12H,3,6,8-11H2,1-2H3,(H,17,18)(H,19,20,21);1H. The number of hydrogen-bond acceptors (Lipinski definition) is 5. The molecule has 3 rings (SSSR count). The van der Waals surface area contributed by atoms with Gasteiger partial charge in [0.05, 0.1) is 12.9 Å². The predicted octanol–water partition coefficient (Wildman–Crippen LogP) is 2.12. The molecule has 3 heterocycles. The van der Waals surface area contributed by atoms with E-state index in [0.29, 0.717) is 29.9 Å². The van der Waals surface area contributed by atoms with E-state index in [0.717, 1.165) is 38.7 Å². The lowest BCUT2D eigenvalue weighted by atomic mass is 10.1. The van der Waals surface area contributed by atoms with Gasteiger partial charge in [0.1, 0.15) is 12.4 Å². The molecule has 0 saturated carbocycles. The first-order valence-electron chi connectivity index (χ1n) is 8.28. The molecule has 1 fully saturated rings. The van der Waals surface area contributed by atoms with Crippen molar-refractivity contribution in [1.29, 1.82) is 0 Å². The third-order valence-corrected chi connectivity index (χ3v) is 3.90. The summed E-state index contributed by atoms with van der Waals surface area (Å²) in [5.41, 5.74) is 0. The number of aromatic amines is 1. The maximum atomic E-state index is 5.45. The van der Waals surface area contributed by atoms with Crippen molar-refractivity contribution in [1.82, 2.24) is 25.4 Å². The lowest BCUT2D eigenvalue weighted by Gasteiger charge is -2.24. The van der Waals surface area contributed by atoms with Crippen LogP contribution in [0.4, 0.5) is 0 Å². The number of nitrogens with one attached hydrogen (secondary N) is 2. The van der Waals surface area contributed by atoms with Crippen molar-refractivity contribution in [2.75, 3.05) is 33.4 Å². The number of nitrogens with zero attached hydrogens (tertiary/aromatic N) is 4. The average molecular weight is 460 g/mol. The van der Waals surface area contributed by atoms with Crippen molar-refractivity contribution in [3.63, 3.8) is 0 Å². The van der Waals surface area contributed by atoms with Crippen molar-refractivity contribution in [3.8, 4) is 11.6 Å². The molecule has 1 unspecified atom stereocenters. The minimum Gasteiger partial charge on any atom is -0.461 e. The van der Waals surface area contributed by atoms with E-state index in [9.17, 15) is 0 Å². The quantitative estimate of drug-likeness (QED) is 0.390. The topological polar surface area (TPSA) is 91.6 Å². The van der Waals surface area contributed by atoms with E-state index in [1.165, 1.54) is 0 Å². The van der Waals surface area contributed by atoms with Gasteiger partial charge < -0.3 is 19.4 Å². The Bertz CT molecular complexity index is 651. The molecular weight excluding hydrogens is 435 g/mol. The number of halogens is 1. The molecule has 2 aromatic heterocycles. The van der Waals surface area contributed by atoms with E-state index < -0.39 is 0 Å². The van der Waals surface area contributed by atoms with Crippen LogP contribution in [0.1, 0.15) is 19.2 Å². The molecule has 0 amide bonds. The van der Waals surface area contributed by atoms with E-state index in [1.807, 2.05) is 12.1 Å². The molecule has 25 heavy (non-hydrogen) atoms. The second kappa shape index (κ2) is 9.76. The van der Waals surface area contributed by atoms with Gasteiger partial charge in [-0.15, -0.1) is 29.1 Å². The number of furan rings is 1. The Kier molecular flexibility index (Phi) is 7.69. The maximum Gasteiger partial charge on any atom is 0.216 e. The van der Waals surface area contributed by atoms with Crippen molar-refractivity contribution in [3.05, 3.63) is 24.2 Å². The molecule has 2 N–H and O–H groups in total. The second-order valence-electron chi connectivity index (χ2n) is 5.86. The molecule has 0 aromatic carbocycles. The molecule has 138 valence electrons. The lowest BCUT2D eigenvalue weighted by molar-refractivity contribution is 0.181. The molecule has 0 spiro atoms. The second-order valence-corrected chi connectivity index (χ2v) is 5.86. The largest absolute Gasteiger partial charge is 0.461 e. The highest BCUT2D eigenvalue weighted by Crippen LogP contribution is 2.15. The molecule has 1 saturated heterocycles. The summed E-state index contributed by atoms with van der Waals surface area (Å²) in [6.07, 6.45) is 2.72. The minimum absolute atomic E-state index is 0. The highest BCUT2D eigenvalue weighted by atomic mass is 127. The Morgan fingerprint density at radius 3 is 3.08 bits per heavy atom. The zero-order valence-corrected chi connectivity index (χ0v) is 16.9. The lowest BCUT2D eigenvalue weighted by Crippen LogP contribution is -2.41. The van der Waals surface area contributed by atoms with Gasteiger partial charge in [-0.1, -0.05) is 0 Å². The maximum absolute atomic E-state index is 5.45. The summed E-state index contributed by atoms with van der Waals surface area (Å²) >= 11 is 0. The first-order valence-corrected chi connectivity index (χ1v) is 8.28. The van der Waals surface area contributed by atoms with Crippen LogP contribution in [0.25, 0.3) is 11.6 Å². The summed E-state index contributed by atoms with van der Waals surface area (Å²) < 4.78 is 10.7. The van der Waals surface area contributed by atoms with E-state index in [4.69, 9.17) is 9.15 Å². The van der Waals surface area contributed by atoms with Crippen LogP contribution in [0.15, 0.2) is 27.8 Å². The Balaban J connectivity index is 0.00000225. The number of aliphatic imine (C=N–C) groups is 1. The molecule has 0 bridgehead atoms. The van der Waals surface area contributed by atoms with Gasteiger partial charge >= 0.3 is 0 Å². The number of rotatable bonds is 6. The molecule has 0 radical (unpaired) electrons. The summed E-state index contributed by atoms with van der Waals surface area (Å²) in [7, 11) is 2.05. The van der Waals surface area contributed by atoms with Gasteiger partial charge in [0.2, 0.25) is 5.82 Å². The van der Waals surface area contributed by atoms with E-state index in [1.54, 1.807) is 6.26 Å². The normalized spacial score (nSPS) is 17.4. The van der Waals surface area contributed by atoms with Gasteiger partial charge in [-0.2, -0.15) is 0 Å². The van der Waals surface area contributed by atoms with Crippen molar-refractivity contribution >= 4 is 29.9 Å². The zero-order valence-electron chi connectivity index (χ0n) is 14.6. The summed E-state index contributed by atoms with van der Waals surface area (Å²) in [6.45, 7) is 5.93. The Labute approximate surface area is 164 Å². The molecule has 2 aromatic rings. The van der Waals surface area contributed by atoms with Crippen LogP contribution < -0.4 is 5.32 Å². The SMILES string of the molecule is CCNC(=NCc1nc(-c2ccco2)n[nH]1)N(C)CC1CCOC1.I. The molecule has 1 atom stereocenters. The van der Waals surface area contributed by atoms with Gasteiger partial charge in [0, 0.05) is 32.7 Å². The number of guanidine groups is 1. The van der Waals surface area contributed by atoms with Crippen molar-refractivity contribution < 1.29 is 9.15 Å². The van der Waals surface area contributed by atoms with E-state index in [-0.39, 0.29) is 24.0 Å². The van der Waals surface area contributed by atoms with Crippen LogP contribution in [0.5, 0.6) is 0 Å². The molecule has 1 aliphatic heterocycles.